The number of aromatic nitrogens is 2. The minimum atomic E-state index is -0.778. The third kappa shape index (κ3) is 3.37. The number of amides is 2. The Hall–Kier alpha value is -2.83. The van der Waals surface area contributed by atoms with Crippen molar-refractivity contribution < 1.29 is 9.59 Å². The molecular weight excluding hydrogens is 399 g/mol. The molecule has 4 rings (SSSR count). The standard InChI is InChI=1S/C20H16Cl2N4O2/c1-11-18(12-6-8-13(21)9-7-12)25-26-16(10-17(27)24-19(11)26)20(28)23-15-5-3-2-4-14(15)22/h2-9,16H,10H2,1H3,(H,23,28)(H,24,27). The smallest absolute Gasteiger partial charge is 0.249 e. The van der Waals surface area contributed by atoms with E-state index >= 15 is 0 Å². The largest absolute Gasteiger partial charge is 0.323 e. The molecule has 2 heterocycles. The molecule has 2 aromatic carbocycles. The van der Waals surface area contributed by atoms with Crippen LogP contribution in [0.4, 0.5) is 11.5 Å². The predicted octanol–water partition coefficient (Wildman–Crippen LogP) is 4.69. The summed E-state index contributed by atoms with van der Waals surface area (Å²) in [6.45, 7) is 1.86. The number of rotatable bonds is 3. The number of halogens is 2. The second-order valence-electron chi connectivity index (χ2n) is 6.51. The molecule has 3 aromatic rings. The number of anilines is 2. The van der Waals surface area contributed by atoms with Crippen molar-refractivity contribution in [2.24, 2.45) is 0 Å². The Morgan fingerprint density at radius 2 is 1.89 bits per heavy atom. The Kier molecular flexibility index (Phi) is 4.83. The number of benzene rings is 2. The summed E-state index contributed by atoms with van der Waals surface area (Å²) in [6.07, 6.45) is -0.00946. The number of carbonyl (C=O) groups is 2. The van der Waals surface area contributed by atoms with E-state index in [9.17, 15) is 9.59 Å². The van der Waals surface area contributed by atoms with E-state index < -0.39 is 6.04 Å². The van der Waals surface area contributed by atoms with Crippen molar-refractivity contribution in [1.82, 2.24) is 9.78 Å². The average Bonchev–Trinajstić information content (AvgIpc) is 3.00. The Morgan fingerprint density at radius 1 is 1.18 bits per heavy atom. The second-order valence-corrected chi connectivity index (χ2v) is 7.35. The number of para-hydroxylation sites is 1. The summed E-state index contributed by atoms with van der Waals surface area (Å²) >= 11 is 12.1. The fraction of sp³-hybridized carbons (Fsp3) is 0.150. The van der Waals surface area contributed by atoms with Gasteiger partial charge in [-0.15, -0.1) is 0 Å². The summed E-state index contributed by atoms with van der Waals surface area (Å²) in [5, 5.41) is 11.3. The molecule has 0 radical (unpaired) electrons. The van der Waals surface area contributed by atoms with Crippen molar-refractivity contribution in [2.45, 2.75) is 19.4 Å². The average molecular weight is 415 g/mol. The first kappa shape index (κ1) is 18.5. The molecule has 0 fully saturated rings. The van der Waals surface area contributed by atoms with Crippen LogP contribution in [0.15, 0.2) is 48.5 Å². The quantitative estimate of drug-likeness (QED) is 0.652. The van der Waals surface area contributed by atoms with Crippen LogP contribution in [0.5, 0.6) is 0 Å². The maximum Gasteiger partial charge on any atom is 0.249 e. The van der Waals surface area contributed by atoms with Crippen LogP contribution in [-0.4, -0.2) is 21.6 Å². The van der Waals surface area contributed by atoms with Gasteiger partial charge < -0.3 is 10.6 Å². The normalized spacial score (nSPS) is 15.7. The lowest BCUT2D eigenvalue weighted by Gasteiger charge is -2.24. The van der Waals surface area contributed by atoms with Gasteiger partial charge in [0.15, 0.2) is 0 Å². The lowest BCUT2D eigenvalue weighted by molar-refractivity contribution is -0.125. The van der Waals surface area contributed by atoms with Crippen LogP contribution in [-0.2, 0) is 9.59 Å². The monoisotopic (exact) mass is 414 g/mol. The molecule has 2 amide bonds. The third-order valence-corrected chi connectivity index (χ3v) is 5.21. The van der Waals surface area contributed by atoms with E-state index in [4.69, 9.17) is 23.2 Å². The molecule has 2 N–H and O–H groups in total. The van der Waals surface area contributed by atoms with Crippen molar-refractivity contribution in [1.29, 1.82) is 0 Å². The van der Waals surface area contributed by atoms with Crippen molar-refractivity contribution in [3.8, 4) is 11.3 Å². The molecule has 8 heteroatoms. The summed E-state index contributed by atoms with van der Waals surface area (Å²) in [4.78, 5) is 25.1. The van der Waals surface area contributed by atoms with Gasteiger partial charge >= 0.3 is 0 Å². The number of hydrogen-bond donors (Lipinski definition) is 2. The van der Waals surface area contributed by atoms with Gasteiger partial charge in [-0.25, -0.2) is 4.68 Å². The topological polar surface area (TPSA) is 76.0 Å². The lowest BCUT2D eigenvalue weighted by Crippen LogP contribution is -2.36. The molecule has 1 unspecified atom stereocenters. The second kappa shape index (κ2) is 7.30. The van der Waals surface area contributed by atoms with Crippen LogP contribution in [0, 0.1) is 6.92 Å². The van der Waals surface area contributed by atoms with Crippen LogP contribution in [0.25, 0.3) is 11.3 Å². The van der Waals surface area contributed by atoms with E-state index in [-0.39, 0.29) is 18.2 Å². The van der Waals surface area contributed by atoms with Gasteiger partial charge in [0, 0.05) is 16.1 Å². The van der Waals surface area contributed by atoms with Crippen molar-refractivity contribution in [3.63, 3.8) is 0 Å². The van der Waals surface area contributed by atoms with Gasteiger partial charge in [0.1, 0.15) is 11.9 Å². The predicted molar refractivity (Wildman–Crippen MR) is 110 cm³/mol. The number of nitrogens with zero attached hydrogens (tertiary/aromatic N) is 2. The molecule has 0 saturated heterocycles. The first-order chi connectivity index (χ1) is 13.4. The van der Waals surface area contributed by atoms with Crippen molar-refractivity contribution in [3.05, 3.63) is 64.1 Å². The number of nitrogens with one attached hydrogen (secondary N) is 2. The Morgan fingerprint density at radius 3 is 2.61 bits per heavy atom. The molecule has 1 aliphatic heterocycles. The minimum absolute atomic E-state index is 0.00946. The summed E-state index contributed by atoms with van der Waals surface area (Å²) in [7, 11) is 0. The van der Waals surface area contributed by atoms with Crippen molar-refractivity contribution >= 4 is 46.5 Å². The molecular formula is C20H16Cl2N4O2. The molecule has 1 aliphatic rings. The van der Waals surface area contributed by atoms with E-state index in [1.54, 1.807) is 41.1 Å². The summed E-state index contributed by atoms with van der Waals surface area (Å²) in [6, 6.07) is 13.4. The van der Waals surface area contributed by atoms with Crippen molar-refractivity contribution in [2.75, 3.05) is 10.6 Å². The SMILES string of the molecule is Cc1c(-c2ccc(Cl)cc2)nn2c1NC(=O)CC2C(=O)Nc1ccccc1Cl. The van der Waals surface area contributed by atoms with Gasteiger partial charge in [-0.3, -0.25) is 9.59 Å². The van der Waals surface area contributed by atoms with E-state index in [1.807, 2.05) is 19.1 Å². The highest BCUT2D eigenvalue weighted by atomic mass is 35.5. The van der Waals surface area contributed by atoms with Crippen LogP contribution < -0.4 is 10.6 Å². The maximum atomic E-state index is 12.9. The maximum absolute atomic E-state index is 12.9. The van der Waals surface area contributed by atoms with Crippen LogP contribution in [0.1, 0.15) is 18.0 Å². The lowest BCUT2D eigenvalue weighted by atomic mass is 10.1. The van der Waals surface area contributed by atoms with Gasteiger partial charge in [-0.05, 0) is 31.2 Å². The van der Waals surface area contributed by atoms with E-state index in [1.165, 1.54) is 0 Å². The molecule has 0 aliphatic carbocycles. The van der Waals surface area contributed by atoms with Gasteiger partial charge in [-0.2, -0.15) is 5.10 Å². The van der Waals surface area contributed by atoms with E-state index in [0.29, 0.717) is 27.2 Å². The molecule has 1 aromatic heterocycles. The first-order valence-electron chi connectivity index (χ1n) is 8.64. The summed E-state index contributed by atoms with van der Waals surface area (Å²) < 4.78 is 1.56. The number of fused-ring (bicyclic) bond motifs is 1. The van der Waals surface area contributed by atoms with Crippen LogP contribution in [0.2, 0.25) is 10.0 Å². The van der Waals surface area contributed by atoms with E-state index in [2.05, 4.69) is 15.7 Å². The van der Waals surface area contributed by atoms with Gasteiger partial charge in [0.2, 0.25) is 11.8 Å². The third-order valence-electron chi connectivity index (χ3n) is 4.63. The first-order valence-corrected chi connectivity index (χ1v) is 9.40. The van der Waals surface area contributed by atoms with Crippen LogP contribution in [0.3, 0.4) is 0 Å². The van der Waals surface area contributed by atoms with Gasteiger partial charge in [0.25, 0.3) is 0 Å². The molecule has 142 valence electrons. The zero-order valence-electron chi connectivity index (χ0n) is 14.9. The summed E-state index contributed by atoms with van der Waals surface area (Å²) in [5.74, 6) is -0.0765. The Labute approximate surface area is 171 Å². The fourth-order valence-electron chi connectivity index (χ4n) is 3.20. The van der Waals surface area contributed by atoms with Gasteiger partial charge in [-0.1, -0.05) is 47.5 Å². The molecule has 0 bridgehead atoms. The Balaban J connectivity index is 1.71. The summed E-state index contributed by atoms with van der Waals surface area (Å²) in [5.41, 5.74) is 2.81. The highest BCUT2D eigenvalue weighted by molar-refractivity contribution is 6.33. The number of hydrogen-bond acceptors (Lipinski definition) is 3. The molecule has 0 spiro atoms. The number of carbonyl (C=O) groups excluding carboxylic acids is 2. The molecule has 0 saturated carbocycles. The minimum Gasteiger partial charge on any atom is -0.323 e. The molecule has 1 atom stereocenters. The highest BCUT2D eigenvalue weighted by Crippen LogP contribution is 2.35. The zero-order chi connectivity index (χ0) is 19.8. The van der Waals surface area contributed by atoms with Crippen LogP contribution >= 0.6 is 23.2 Å². The van der Waals surface area contributed by atoms with Gasteiger partial charge in [0.05, 0.1) is 22.8 Å². The molecule has 28 heavy (non-hydrogen) atoms. The zero-order valence-corrected chi connectivity index (χ0v) is 16.4. The Bertz CT molecular complexity index is 1080. The van der Waals surface area contributed by atoms with E-state index in [0.717, 1.165) is 11.1 Å². The highest BCUT2D eigenvalue weighted by Gasteiger charge is 2.34. The fourth-order valence-corrected chi connectivity index (χ4v) is 3.51. The molecule has 6 nitrogen and oxygen atoms in total.